The molecule has 20 heavy (non-hydrogen) atoms. The van der Waals surface area contributed by atoms with E-state index in [-0.39, 0.29) is 0 Å². The van der Waals surface area contributed by atoms with Gasteiger partial charge in [0, 0.05) is 30.9 Å². The summed E-state index contributed by atoms with van der Waals surface area (Å²) < 4.78 is 2.17. The van der Waals surface area contributed by atoms with Crippen LogP contribution >= 0.6 is 0 Å². The van der Waals surface area contributed by atoms with Gasteiger partial charge in [0.15, 0.2) is 0 Å². The highest BCUT2D eigenvalue weighted by atomic mass is 15.3. The van der Waals surface area contributed by atoms with Gasteiger partial charge < -0.3 is 0 Å². The van der Waals surface area contributed by atoms with Crippen molar-refractivity contribution in [2.75, 3.05) is 6.54 Å². The molecule has 1 atom stereocenters. The Balaban J connectivity index is 1.86. The van der Waals surface area contributed by atoms with Gasteiger partial charge >= 0.3 is 0 Å². The zero-order chi connectivity index (χ0) is 14.5. The average Bonchev–Trinajstić information content (AvgIpc) is 3.04. The molecular formula is C17H31N3. The lowest BCUT2D eigenvalue weighted by Gasteiger charge is -2.34. The predicted molar refractivity (Wildman–Crippen MR) is 85.0 cm³/mol. The van der Waals surface area contributed by atoms with E-state index in [1.54, 1.807) is 0 Å². The highest BCUT2D eigenvalue weighted by Gasteiger charge is 2.25. The topological polar surface area (TPSA) is 21.1 Å². The molecule has 1 aliphatic rings. The first kappa shape index (κ1) is 15.6. The largest absolute Gasteiger partial charge is 0.298 e. The van der Waals surface area contributed by atoms with Crippen LogP contribution in [0.3, 0.4) is 0 Å². The summed E-state index contributed by atoms with van der Waals surface area (Å²) in [5.74, 6) is 0. The number of nitrogens with zero attached hydrogens (tertiary/aromatic N) is 3. The van der Waals surface area contributed by atoms with Crippen molar-refractivity contribution in [3.63, 3.8) is 0 Å². The molecule has 0 aromatic carbocycles. The van der Waals surface area contributed by atoms with Gasteiger partial charge in [0.2, 0.25) is 0 Å². The van der Waals surface area contributed by atoms with Crippen LogP contribution in [0, 0.1) is 13.8 Å². The van der Waals surface area contributed by atoms with Gasteiger partial charge in [-0.1, -0.05) is 19.8 Å². The molecule has 0 N–H and O–H groups in total. The first-order valence-electron chi connectivity index (χ1n) is 8.38. The van der Waals surface area contributed by atoms with Crippen molar-refractivity contribution < 1.29 is 0 Å². The molecule has 0 saturated heterocycles. The summed E-state index contributed by atoms with van der Waals surface area (Å²) >= 11 is 0. The standard InChI is InChI=1S/C17H31N3/c1-5-15(3)19(17-9-6-7-10-17)11-8-12-20-16(4)13-14(2)18-20/h13,15,17H,5-12H2,1-4H3/t15-/m1/s1. The zero-order valence-electron chi connectivity index (χ0n) is 13.7. The Kier molecular flexibility index (Phi) is 5.64. The summed E-state index contributed by atoms with van der Waals surface area (Å²) in [6.45, 7) is 11.2. The number of aromatic nitrogens is 2. The maximum atomic E-state index is 4.57. The minimum Gasteiger partial charge on any atom is -0.298 e. The molecule has 3 heteroatoms. The van der Waals surface area contributed by atoms with E-state index in [0.717, 1.165) is 24.3 Å². The van der Waals surface area contributed by atoms with Crippen molar-refractivity contribution in [3.05, 3.63) is 17.5 Å². The van der Waals surface area contributed by atoms with E-state index < -0.39 is 0 Å². The first-order valence-corrected chi connectivity index (χ1v) is 8.38. The molecule has 1 saturated carbocycles. The Labute approximate surface area is 124 Å². The Bertz CT molecular complexity index is 404. The van der Waals surface area contributed by atoms with Crippen LogP contribution in [0.2, 0.25) is 0 Å². The molecule has 0 radical (unpaired) electrons. The van der Waals surface area contributed by atoms with Crippen LogP contribution in [0.4, 0.5) is 0 Å². The second kappa shape index (κ2) is 7.26. The van der Waals surface area contributed by atoms with Gasteiger partial charge in [0.25, 0.3) is 0 Å². The summed E-state index contributed by atoms with van der Waals surface area (Å²) in [5.41, 5.74) is 2.43. The van der Waals surface area contributed by atoms with Crippen LogP contribution in [-0.4, -0.2) is 33.3 Å². The summed E-state index contributed by atoms with van der Waals surface area (Å²) in [6, 6.07) is 3.73. The second-order valence-electron chi connectivity index (χ2n) is 6.44. The van der Waals surface area contributed by atoms with Gasteiger partial charge in [-0.3, -0.25) is 9.58 Å². The van der Waals surface area contributed by atoms with Crippen molar-refractivity contribution in [3.8, 4) is 0 Å². The van der Waals surface area contributed by atoms with E-state index in [9.17, 15) is 0 Å². The lowest BCUT2D eigenvalue weighted by Crippen LogP contribution is -2.41. The van der Waals surface area contributed by atoms with E-state index in [2.05, 4.69) is 48.4 Å². The van der Waals surface area contributed by atoms with E-state index >= 15 is 0 Å². The van der Waals surface area contributed by atoms with Crippen LogP contribution in [0.15, 0.2) is 6.07 Å². The van der Waals surface area contributed by atoms with Crippen molar-refractivity contribution in [1.82, 2.24) is 14.7 Å². The lowest BCUT2D eigenvalue weighted by atomic mass is 10.1. The van der Waals surface area contributed by atoms with Gasteiger partial charge in [-0.15, -0.1) is 0 Å². The van der Waals surface area contributed by atoms with E-state index in [0.29, 0.717) is 0 Å². The highest BCUT2D eigenvalue weighted by molar-refractivity contribution is 5.06. The third kappa shape index (κ3) is 3.85. The number of hydrogen-bond acceptors (Lipinski definition) is 2. The molecule has 1 aliphatic carbocycles. The number of rotatable bonds is 7. The molecule has 1 aromatic heterocycles. The predicted octanol–water partition coefficient (Wildman–Crippen LogP) is 3.93. The van der Waals surface area contributed by atoms with Crippen LogP contribution in [0.25, 0.3) is 0 Å². The monoisotopic (exact) mass is 277 g/mol. The molecule has 0 spiro atoms. The average molecular weight is 277 g/mol. The van der Waals surface area contributed by atoms with Gasteiger partial charge in [-0.25, -0.2) is 0 Å². The quantitative estimate of drug-likeness (QED) is 0.753. The zero-order valence-corrected chi connectivity index (χ0v) is 13.7. The smallest absolute Gasteiger partial charge is 0.0596 e. The molecule has 2 rings (SSSR count). The molecule has 0 aliphatic heterocycles. The van der Waals surface area contributed by atoms with Crippen LogP contribution in [0.5, 0.6) is 0 Å². The fourth-order valence-electron chi connectivity index (χ4n) is 3.54. The Hall–Kier alpha value is -0.830. The van der Waals surface area contributed by atoms with E-state index in [1.165, 1.54) is 50.8 Å². The highest BCUT2D eigenvalue weighted by Crippen LogP contribution is 2.26. The van der Waals surface area contributed by atoms with Crippen LogP contribution in [0.1, 0.15) is 63.8 Å². The summed E-state index contributed by atoms with van der Waals surface area (Å²) in [7, 11) is 0. The van der Waals surface area contributed by atoms with E-state index in [1.807, 2.05) is 0 Å². The third-order valence-corrected chi connectivity index (χ3v) is 4.84. The van der Waals surface area contributed by atoms with E-state index in [4.69, 9.17) is 0 Å². The van der Waals surface area contributed by atoms with Crippen molar-refractivity contribution in [2.45, 2.75) is 84.8 Å². The molecule has 0 amide bonds. The van der Waals surface area contributed by atoms with Crippen LogP contribution in [-0.2, 0) is 6.54 Å². The maximum Gasteiger partial charge on any atom is 0.0596 e. The Morgan fingerprint density at radius 3 is 2.60 bits per heavy atom. The molecule has 3 nitrogen and oxygen atoms in total. The molecule has 1 fully saturated rings. The Morgan fingerprint density at radius 2 is 2.05 bits per heavy atom. The minimum atomic E-state index is 0.721. The van der Waals surface area contributed by atoms with Gasteiger partial charge in [0.1, 0.15) is 0 Å². The molecular weight excluding hydrogens is 246 g/mol. The molecule has 0 bridgehead atoms. The van der Waals surface area contributed by atoms with Gasteiger partial charge in [0.05, 0.1) is 5.69 Å². The van der Waals surface area contributed by atoms with Crippen molar-refractivity contribution >= 4 is 0 Å². The third-order valence-electron chi connectivity index (χ3n) is 4.84. The fraction of sp³-hybridized carbons (Fsp3) is 0.824. The first-order chi connectivity index (χ1) is 9.61. The molecule has 1 heterocycles. The summed E-state index contributed by atoms with van der Waals surface area (Å²) in [4.78, 5) is 2.76. The number of hydrogen-bond donors (Lipinski definition) is 0. The fourth-order valence-corrected chi connectivity index (χ4v) is 3.54. The van der Waals surface area contributed by atoms with Crippen molar-refractivity contribution in [1.29, 1.82) is 0 Å². The van der Waals surface area contributed by atoms with Gasteiger partial charge in [-0.05, 0) is 52.5 Å². The molecule has 0 unspecified atom stereocenters. The SMILES string of the molecule is CC[C@@H](C)N(CCCn1nc(C)cc1C)C1CCCC1. The minimum absolute atomic E-state index is 0.721. The summed E-state index contributed by atoms with van der Waals surface area (Å²) in [5, 5.41) is 4.57. The lowest BCUT2D eigenvalue weighted by molar-refractivity contribution is 0.137. The molecule has 114 valence electrons. The Morgan fingerprint density at radius 1 is 1.35 bits per heavy atom. The second-order valence-corrected chi connectivity index (χ2v) is 6.44. The summed E-state index contributed by atoms with van der Waals surface area (Å²) in [6.07, 6.45) is 8.14. The number of aryl methyl sites for hydroxylation is 3. The van der Waals surface area contributed by atoms with Crippen LogP contribution < -0.4 is 0 Å². The maximum absolute atomic E-state index is 4.57. The van der Waals surface area contributed by atoms with Crippen molar-refractivity contribution in [2.24, 2.45) is 0 Å². The molecule has 1 aromatic rings. The van der Waals surface area contributed by atoms with Gasteiger partial charge in [-0.2, -0.15) is 5.10 Å². The normalized spacial score (nSPS) is 18.1.